The smallest absolute Gasteiger partial charge is 0.306 e. The van der Waals surface area contributed by atoms with Crippen LogP contribution >= 0.6 is 0 Å². The van der Waals surface area contributed by atoms with Crippen molar-refractivity contribution < 1.29 is 14.3 Å². The maximum Gasteiger partial charge on any atom is 0.306 e. The molecule has 2 unspecified atom stereocenters. The number of rotatable bonds is 7. The van der Waals surface area contributed by atoms with Crippen LogP contribution in [0.2, 0.25) is 0 Å². The van der Waals surface area contributed by atoms with Gasteiger partial charge in [-0.25, -0.2) is 0 Å². The van der Waals surface area contributed by atoms with Crippen molar-refractivity contribution in [3.05, 3.63) is 48.1 Å². The Bertz CT molecular complexity index is 630. The molecule has 1 saturated carbocycles. The molecule has 3 nitrogen and oxygen atoms in total. The van der Waals surface area contributed by atoms with Gasteiger partial charge in [0.25, 0.3) is 0 Å². The second kappa shape index (κ2) is 7.25. The van der Waals surface area contributed by atoms with Gasteiger partial charge in [-0.15, -0.1) is 0 Å². The number of esters is 1. The molecule has 0 aromatic heterocycles. The van der Waals surface area contributed by atoms with Gasteiger partial charge in [0.2, 0.25) is 0 Å². The predicted molar refractivity (Wildman–Crippen MR) is 95.9 cm³/mol. The van der Waals surface area contributed by atoms with Crippen LogP contribution in [0.5, 0.6) is 5.75 Å². The van der Waals surface area contributed by atoms with Crippen molar-refractivity contribution in [2.24, 2.45) is 11.8 Å². The third kappa shape index (κ3) is 3.72. The van der Waals surface area contributed by atoms with Gasteiger partial charge in [-0.1, -0.05) is 30.9 Å². The first-order valence-electron chi connectivity index (χ1n) is 8.86. The largest absolute Gasteiger partial charge is 0.490 e. The predicted octanol–water partition coefficient (Wildman–Crippen LogP) is 4.56. The fraction of sp³-hybridized carbons (Fsp3) is 0.476. The molecule has 3 heteroatoms. The minimum absolute atomic E-state index is 0.0862. The van der Waals surface area contributed by atoms with Crippen LogP contribution in [0, 0.1) is 11.8 Å². The summed E-state index contributed by atoms with van der Waals surface area (Å²) in [5.41, 5.74) is 2.07. The van der Waals surface area contributed by atoms with E-state index in [1.54, 1.807) is 6.08 Å². The molecule has 128 valence electrons. The summed E-state index contributed by atoms with van der Waals surface area (Å²) in [6.07, 6.45) is 9.81. The number of carbonyl (C=O) groups excluding carboxylic acids is 1. The van der Waals surface area contributed by atoms with E-state index in [9.17, 15) is 4.79 Å². The SMILES string of the molecule is C=Cc1cc(CCC(=O)OC2C3C=CC2CC3)ccc1OC(C)C. The molecule has 2 bridgehead atoms. The molecule has 0 N–H and O–H groups in total. The summed E-state index contributed by atoms with van der Waals surface area (Å²) in [7, 11) is 0. The first-order valence-corrected chi connectivity index (χ1v) is 8.86. The zero-order valence-electron chi connectivity index (χ0n) is 14.5. The van der Waals surface area contributed by atoms with Crippen molar-refractivity contribution in [1.29, 1.82) is 0 Å². The van der Waals surface area contributed by atoms with Crippen LogP contribution in [0.15, 0.2) is 36.9 Å². The number of hydrogen-bond acceptors (Lipinski definition) is 3. The average Bonchev–Trinajstić information content (AvgIpc) is 3.12. The van der Waals surface area contributed by atoms with Crippen molar-refractivity contribution in [3.8, 4) is 5.75 Å². The molecule has 0 amide bonds. The van der Waals surface area contributed by atoms with Crippen LogP contribution in [-0.4, -0.2) is 18.2 Å². The number of benzene rings is 1. The van der Waals surface area contributed by atoms with Crippen molar-refractivity contribution in [2.45, 2.75) is 51.7 Å². The number of aryl methyl sites for hydroxylation is 1. The Kier molecular flexibility index (Phi) is 5.08. The topological polar surface area (TPSA) is 35.5 Å². The van der Waals surface area contributed by atoms with Crippen LogP contribution in [0.1, 0.15) is 44.2 Å². The zero-order chi connectivity index (χ0) is 17.1. The van der Waals surface area contributed by atoms with Gasteiger partial charge in [0.1, 0.15) is 11.9 Å². The van der Waals surface area contributed by atoms with Gasteiger partial charge < -0.3 is 9.47 Å². The quantitative estimate of drug-likeness (QED) is 0.544. The van der Waals surface area contributed by atoms with Gasteiger partial charge >= 0.3 is 5.97 Å². The molecular formula is C21H26O3. The van der Waals surface area contributed by atoms with Crippen LogP contribution in [0.25, 0.3) is 6.08 Å². The number of fused-ring (bicyclic) bond motifs is 2. The first-order chi connectivity index (χ1) is 11.6. The van der Waals surface area contributed by atoms with Crippen molar-refractivity contribution in [1.82, 2.24) is 0 Å². The Morgan fingerprint density at radius 2 is 2.00 bits per heavy atom. The standard InChI is InChI=1S/C21H26O3/c1-4-16-13-15(5-11-19(16)23-14(2)3)6-12-20(22)24-21-17-7-8-18(21)10-9-17/h4-5,7-8,11,13-14,17-18,21H,1,6,9-10,12H2,2-3H3. The van der Waals surface area contributed by atoms with E-state index in [1.165, 1.54) is 0 Å². The Balaban J connectivity index is 1.54. The third-order valence-electron chi connectivity index (χ3n) is 4.82. The van der Waals surface area contributed by atoms with E-state index >= 15 is 0 Å². The number of carbonyl (C=O) groups is 1. The third-order valence-corrected chi connectivity index (χ3v) is 4.82. The van der Waals surface area contributed by atoms with E-state index in [1.807, 2.05) is 32.0 Å². The van der Waals surface area contributed by atoms with Gasteiger partial charge in [0, 0.05) is 23.8 Å². The summed E-state index contributed by atoms with van der Waals surface area (Å²) in [6, 6.07) is 6.01. The lowest BCUT2D eigenvalue weighted by Crippen LogP contribution is -2.23. The first kappa shape index (κ1) is 16.8. The summed E-state index contributed by atoms with van der Waals surface area (Å²) in [5, 5.41) is 0. The molecular weight excluding hydrogens is 300 g/mol. The molecule has 24 heavy (non-hydrogen) atoms. The molecule has 1 aromatic rings. The lowest BCUT2D eigenvalue weighted by molar-refractivity contribution is -0.150. The maximum absolute atomic E-state index is 12.2. The van der Waals surface area contributed by atoms with Gasteiger partial charge in [-0.3, -0.25) is 4.79 Å². The van der Waals surface area contributed by atoms with Crippen LogP contribution in [0.4, 0.5) is 0 Å². The molecule has 0 spiro atoms. The fourth-order valence-corrected chi connectivity index (χ4v) is 3.63. The van der Waals surface area contributed by atoms with Crippen molar-refractivity contribution in [3.63, 3.8) is 0 Å². The van der Waals surface area contributed by atoms with Gasteiger partial charge in [0.05, 0.1) is 6.10 Å². The molecule has 1 aromatic carbocycles. The molecule has 0 heterocycles. The molecule has 2 aliphatic carbocycles. The minimum atomic E-state index is -0.0942. The number of hydrogen-bond donors (Lipinski definition) is 0. The van der Waals surface area contributed by atoms with Crippen LogP contribution in [0.3, 0.4) is 0 Å². The lowest BCUT2D eigenvalue weighted by atomic mass is 10.0. The highest BCUT2D eigenvalue weighted by atomic mass is 16.5. The Morgan fingerprint density at radius 1 is 1.29 bits per heavy atom. The molecule has 0 saturated heterocycles. The molecule has 0 radical (unpaired) electrons. The molecule has 1 fully saturated rings. The van der Waals surface area contributed by atoms with E-state index in [0.29, 0.717) is 24.7 Å². The average molecular weight is 326 g/mol. The van der Waals surface area contributed by atoms with Gasteiger partial charge in [-0.05, 0) is 50.8 Å². The molecule has 2 atom stereocenters. The number of ether oxygens (including phenoxy) is 2. The Morgan fingerprint density at radius 3 is 2.58 bits per heavy atom. The van der Waals surface area contributed by atoms with E-state index in [-0.39, 0.29) is 18.2 Å². The second-order valence-electron chi connectivity index (χ2n) is 6.99. The van der Waals surface area contributed by atoms with Gasteiger partial charge in [-0.2, -0.15) is 0 Å². The Hall–Kier alpha value is -2.03. The minimum Gasteiger partial charge on any atom is -0.490 e. The highest BCUT2D eigenvalue weighted by Gasteiger charge is 2.40. The summed E-state index contributed by atoms with van der Waals surface area (Å²) in [4.78, 5) is 12.2. The van der Waals surface area contributed by atoms with Gasteiger partial charge in [0.15, 0.2) is 0 Å². The summed E-state index contributed by atoms with van der Waals surface area (Å²) < 4.78 is 11.5. The Labute approximate surface area is 144 Å². The van der Waals surface area contributed by atoms with E-state index in [0.717, 1.165) is 29.7 Å². The van der Waals surface area contributed by atoms with E-state index < -0.39 is 0 Å². The zero-order valence-corrected chi connectivity index (χ0v) is 14.5. The highest BCUT2D eigenvalue weighted by Crippen LogP contribution is 2.41. The molecule has 3 rings (SSSR count). The monoisotopic (exact) mass is 326 g/mol. The highest BCUT2D eigenvalue weighted by molar-refractivity contribution is 5.70. The maximum atomic E-state index is 12.2. The van der Waals surface area contributed by atoms with E-state index in [4.69, 9.17) is 9.47 Å². The summed E-state index contributed by atoms with van der Waals surface area (Å²) in [6.45, 7) is 7.85. The van der Waals surface area contributed by atoms with Crippen LogP contribution < -0.4 is 4.74 Å². The molecule has 2 aliphatic rings. The normalized spacial score (nSPS) is 24.4. The summed E-state index contributed by atoms with van der Waals surface area (Å²) in [5.74, 6) is 1.63. The molecule has 0 aliphatic heterocycles. The van der Waals surface area contributed by atoms with Crippen molar-refractivity contribution >= 4 is 12.0 Å². The van der Waals surface area contributed by atoms with Crippen molar-refractivity contribution in [2.75, 3.05) is 0 Å². The lowest BCUT2D eigenvalue weighted by Gasteiger charge is -2.17. The fourth-order valence-electron chi connectivity index (χ4n) is 3.63. The summed E-state index contributed by atoms with van der Waals surface area (Å²) >= 11 is 0. The van der Waals surface area contributed by atoms with Crippen LogP contribution in [-0.2, 0) is 16.0 Å². The van der Waals surface area contributed by atoms with E-state index in [2.05, 4.69) is 18.7 Å². The second-order valence-corrected chi connectivity index (χ2v) is 6.99.